The summed E-state index contributed by atoms with van der Waals surface area (Å²) in [7, 11) is 0. The van der Waals surface area contributed by atoms with E-state index in [9.17, 15) is 13.2 Å². The molecule has 1 fully saturated rings. The van der Waals surface area contributed by atoms with Crippen LogP contribution in [0.15, 0.2) is 18.3 Å². The van der Waals surface area contributed by atoms with E-state index >= 15 is 0 Å². The molecule has 0 aromatic carbocycles. The van der Waals surface area contributed by atoms with Crippen molar-refractivity contribution in [2.24, 2.45) is 5.92 Å². The Bertz CT molecular complexity index is 403. The highest BCUT2D eigenvalue weighted by molar-refractivity contribution is 5.45. The standard InChI is InChI=1S/C12H16F3N3O/c13-12(14,15)10-2-1-3-17-11(10)18-7-9-6-16-4-5-19-8-9/h1-3,9,16H,4-8H2,(H,17,18). The Balaban J connectivity index is 1.99. The van der Waals surface area contributed by atoms with Gasteiger partial charge in [0.15, 0.2) is 0 Å². The number of hydrogen-bond donors (Lipinski definition) is 2. The predicted octanol–water partition coefficient (Wildman–Crippen LogP) is 1.75. The van der Waals surface area contributed by atoms with Crippen molar-refractivity contribution < 1.29 is 17.9 Å². The van der Waals surface area contributed by atoms with Gasteiger partial charge in [0.25, 0.3) is 0 Å². The minimum atomic E-state index is -4.39. The summed E-state index contributed by atoms with van der Waals surface area (Å²) >= 11 is 0. The third-order valence-corrected chi connectivity index (χ3v) is 2.88. The van der Waals surface area contributed by atoms with E-state index in [-0.39, 0.29) is 11.7 Å². The first-order valence-corrected chi connectivity index (χ1v) is 6.12. The third-order valence-electron chi connectivity index (χ3n) is 2.88. The number of anilines is 1. The molecule has 2 heterocycles. The van der Waals surface area contributed by atoms with Gasteiger partial charge in [0.1, 0.15) is 5.82 Å². The number of nitrogens with one attached hydrogen (secondary N) is 2. The van der Waals surface area contributed by atoms with Gasteiger partial charge in [-0.15, -0.1) is 0 Å². The van der Waals surface area contributed by atoms with E-state index in [1.54, 1.807) is 0 Å². The molecule has 4 nitrogen and oxygen atoms in total. The maximum absolute atomic E-state index is 12.8. The Morgan fingerprint density at radius 3 is 3.11 bits per heavy atom. The zero-order chi connectivity index (χ0) is 13.7. The molecule has 1 saturated heterocycles. The molecule has 1 unspecified atom stereocenters. The first kappa shape index (κ1) is 14.1. The molecular formula is C12H16F3N3O. The lowest BCUT2D eigenvalue weighted by Crippen LogP contribution is -2.28. The van der Waals surface area contributed by atoms with Gasteiger partial charge in [-0.3, -0.25) is 0 Å². The second kappa shape index (κ2) is 6.21. The van der Waals surface area contributed by atoms with Crippen LogP contribution in [-0.2, 0) is 10.9 Å². The van der Waals surface area contributed by atoms with Gasteiger partial charge in [-0.1, -0.05) is 0 Å². The molecule has 1 aromatic rings. The van der Waals surface area contributed by atoms with Crippen molar-refractivity contribution in [2.45, 2.75) is 6.18 Å². The molecule has 7 heteroatoms. The molecule has 0 amide bonds. The number of pyridine rings is 1. The van der Waals surface area contributed by atoms with Gasteiger partial charge >= 0.3 is 6.18 Å². The van der Waals surface area contributed by atoms with Crippen LogP contribution in [-0.4, -0.2) is 37.8 Å². The minimum absolute atomic E-state index is 0.126. The molecule has 1 aromatic heterocycles. The van der Waals surface area contributed by atoms with Crippen molar-refractivity contribution in [2.75, 3.05) is 38.2 Å². The van der Waals surface area contributed by atoms with Gasteiger partial charge in [0.2, 0.25) is 0 Å². The van der Waals surface area contributed by atoms with E-state index in [1.807, 2.05) is 0 Å². The summed E-state index contributed by atoms with van der Waals surface area (Å²) < 4.78 is 43.6. The quantitative estimate of drug-likeness (QED) is 0.882. The van der Waals surface area contributed by atoms with Crippen LogP contribution in [0.4, 0.5) is 19.0 Å². The average Bonchev–Trinajstić information content (AvgIpc) is 2.64. The number of rotatable bonds is 3. The average molecular weight is 275 g/mol. The van der Waals surface area contributed by atoms with Gasteiger partial charge in [-0.2, -0.15) is 13.2 Å². The molecule has 0 bridgehead atoms. The maximum atomic E-state index is 12.8. The SMILES string of the molecule is FC(F)(F)c1cccnc1NCC1CNCCOC1. The number of halogens is 3. The van der Waals surface area contributed by atoms with Gasteiger partial charge in [-0.25, -0.2) is 4.98 Å². The Morgan fingerprint density at radius 2 is 2.32 bits per heavy atom. The Labute approximate surface area is 109 Å². The Hall–Kier alpha value is -1.34. The van der Waals surface area contributed by atoms with E-state index in [1.165, 1.54) is 12.3 Å². The topological polar surface area (TPSA) is 46.2 Å². The normalized spacial score (nSPS) is 20.9. The fourth-order valence-electron chi connectivity index (χ4n) is 1.91. The molecule has 2 N–H and O–H groups in total. The highest BCUT2D eigenvalue weighted by atomic mass is 19.4. The molecule has 106 valence electrons. The van der Waals surface area contributed by atoms with Crippen LogP contribution in [0.3, 0.4) is 0 Å². The number of alkyl halides is 3. The zero-order valence-electron chi connectivity index (χ0n) is 10.3. The van der Waals surface area contributed by atoms with Gasteiger partial charge in [0.05, 0.1) is 18.8 Å². The zero-order valence-corrected chi connectivity index (χ0v) is 10.3. The second-order valence-corrected chi connectivity index (χ2v) is 4.42. The largest absolute Gasteiger partial charge is 0.419 e. The first-order chi connectivity index (χ1) is 9.07. The van der Waals surface area contributed by atoms with Crippen molar-refractivity contribution in [1.82, 2.24) is 10.3 Å². The van der Waals surface area contributed by atoms with Crippen molar-refractivity contribution in [3.8, 4) is 0 Å². The van der Waals surface area contributed by atoms with E-state index in [0.717, 1.165) is 19.2 Å². The minimum Gasteiger partial charge on any atom is -0.380 e. The lowest BCUT2D eigenvalue weighted by molar-refractivity contribution is -0.137. The van der Waals surface area contributed by atoms with Gasteiger partial charge in [0, 0.05) is 31.7 Å². The lowest BCUT2D eigenvalue weighted by Gasteiger charge is -2.17. The molecule has 2 rings (SSSR count). The van der Waals surface area contributed by atoms with Crippen molar-refractivity contribution >= 4 is 5.82 Å². The van der Waals surface area contributed by atoms with E-state index in [4.69, 9.17) is 4.74 Å². The molecule has 0 radical (unpaired) electrons. The number of hydrogen-bond acceptors (Lipinski definition) is 4. The molecule has 0 saturated carbocycles. The van der Waals surface area contributed by atoms with Crippen LogP contribution in [0.1, 0.15) is 5.56 Å². The Morgan fingerprint density at radius 1 is 1.47 bits per heavy atom. The monoisotopic (exact) mass is 275 g/mol. The van der Waals surface area contributed by atoms with Gasteiger partial charge < -0.3 is 15.4 Å². The summed E-state index contributed by atoms with van der Waals surface area (Å²) in [6, 6.07) is 2.31. The van der Waals surface area contributed by atoms with Crippen LogP contribution in [0, 0.1) is 5.92 Å². The fraction of sp³-hybridized carbons (Fsp3) is 0.583. The first-order valence-electron chi connectivity index (χ1n) is 6.12. The van der Waals surface area contributed by atoms with E-state index in [0.29, 0.717) is 19.8 Å². The van der Waals surface area contributed by atoms with Crippen LogP contribution >= 0.6 is 0 Å². The summed E-state index contributed by atoms with van der Waals surface area (Å²) in [6.07, 6.45) is -3.05. The highest BCUT2D eigenvalue weighted by Gasteiger charge is 2.34. The third kappa shape index (κ3) is 4.07. The summed E-state index contributed by atoms with van der Waals surface area (Å²) in [5.41, 5.74) is -0.738. The number of aromatic nitrogens is 1. The smallest absolute Gasteiger partial charge is 0.380 e. The molecule has 19 heavy (non-hydrogen) atoms. The molecule has 0 spiro atoms. The highest BCUT2D eigenvalue weighted by Crippen LogP contribution is 2.33. The van der Waals surface area contributed by atoms with Crippen LogP contribution in [0.2, 0.25) is 0 Å². The molecule has 0 aliphatic carbocycles. The van der Waals surface area contributed by atoms with Crippen LogP contribution < -0.4 is 10.6 Å². The van der Waals surface area contributed by atoms with Crippen LogP contribution in [0.25, 0.3) is 0 Å². The molecule has 1 aliphatic heterocycles. The molecular weight excluding hydrogens is 259 g/mol. The van der Waals surface area contributed by atoms with Crippen LogP contribution in [0.5, 0.6) is 0 Å². The van der Waals surface area contributed by atoms with Crippen molar-refractivity contribution in [1.29, 1.82) is 0 Å². The van der Waals surface area contributed by atoms with E-state index in [2.05, 4.69) is 15.6 Å². The maximum Gasteiger partial charge on any atom is 0.419 e. The number of ether oxygens (including phenoxy) is 1. The number of nitrogens with zero attached hydrogens (tertiary/aromatic N) is 1. The second-order valence-electron chi connectivity index (χ2n) is 4.42. The van der Waals surface area contributed by atoms with E-state index < -0.39 is 11.7 Å². The summed E-state index contributed by atoms with van der Waals surface area (Å²) in [6.45, 7) is 3.06. The summed E-state index contributed by atoms with van der Waals surface area (Å²) in [5.74, 6) is 0.00448. The molecule has 1 aliphatic rings. The summed E-state index contributed by atoms with van der Waals surface area (Å²) in [4.78, 5) is 3.76. The van der Waals surface area contributed by atoms with Crippen molar-refractivity contribution in [3.05, 3.63) is 23.9 Å². The van der Waals surface area contributed by atoms with Crippen molar-refractivity contribution in [3.63, 3.8) is 0 Å². The van der Waals surface area contributed by atoms with Gasteiger partial charge in [-0.05, 0) is 12.1 Å². The molecule has 1 atom stereocenters. The predicted molar refractivity (Wildman–Crippen MR) is 64.9 cm³/mol. The fourth-order valence-corrected chi connectivity index (χ4v) is 1.91. The Kier molecular flexibility index (Phi) is 4.60. The summed E-state index contributed by atoms with van der Waals surface area (Å²) in [5, 5.41) is 5.94. The lowest BCUT2D eigenvalue weighted by atomic mass is 10.1.